The summed E-state index contributed by atoms with van der Waals surface area (Å²) in [5, 5.41) is 6.75. The van der Waals surface area contributed by atoms with Crippen LogP contribution in [-0.2, 0) is 16.0 Å². The van der Waals surface area contributed by atoms with Crippen molar-refractivity contribution in [2.75, 3.05) is 40.0 Å². The molecule has 2 unspecified atom stereocenters. The Morgan fingerprint density at radius 1 is 1.18 bits per heavy atom. The van der Waals surface area contributed by atoms with E-state index in [1.54, 1.807) is 7.05 Å². The molecule has 0 radical (unpaired) electrons. The lowest BCUT2D eigenvalue weighted by Gasteiger charge is -2.17. The molecule has 1 fully saturated rings. The Labute approximate surface area is 215 Å². The maximum atomic E-state index is 6.14. The zero-order valence-corrected chi connectivity index (χ0v) is 22.3. The first kappa shape index (κ1) is 27.4. The fourth-order valence-corrected chi connectivity index (χ4v) is 3.62. The summed E-state index contributed by atoms with van der Waals surface area (Å²) in [4.78, 5) is 4.34. The largest absolute Gasteiger partial charge is 0.493 e. The molecule has 1 aliphatic rings. The lowest BCUT2D eigenvalue weighted by Crippen LogP contribution is -2.37. The number of nitrogens with zero attached hydrogens (tertiary/aromatic N) is 1. The lowest BCUT2D eigenvalue weighted by molar-refractivity contribution is 0.0646. The Morgan fingerprint density at radius 3 is 2.73 bits per heavy atom. The van der Waals surface area contributed by atoms with E-state index in [-0.39, 0.29) is 30.1 Å². The molecule has 2 atom stereocenters. The van der Waals surface area contributed by atoms with Crippen molar-refractivity contribution in [1.29, 1.82) is 0 Å². The highest BCUT2D eigenvalue weighted by atomic mass is 127. The summed E-state index contributed by atoms with van der Waals surface area (Å²) < 4.78 is 17.5. The molecule has 0 spiro atoms. The van der Waals surface area contributed by atoms with Gasteiger partial charge in [0, 0.05) is 44.8 Å². The number of halogens is 1. The highest BCUT2D eigenvalue weighted by Crippen LogP contribution is 2.22. The van der Waals surface area contributed by atoms with E-state index in [4.69, 9.17) is 14.2 Å². The minimum atomic E-state index is 0. The molecule has 182 valence electrons. The number of rotatable bonds is 11. The van der Waals surface area contributed by atoms with Gasteiger partial charge in [-0.1, -0.05) is 42.5 Å². The first-order chi connectivity index (χ1) is 15.7. The van der Waals surface area contributed by atoms with Crippen molar-refractivity contribution in [1.82, 2.24) is 10.6 Å². The van der Waals surface area contributed by atoms with E-state index in [2.05, 4.69) is 59.8 Å². The highest BCUT2D eigenvalue weighted by molar-refractivity contribution is 14.0. The zero-order chi connectivity index (χ0) is 22.6. The average Bonchev–Trinajstić information content (AvgIpc) is 3.34. The van der Waals surface area contributed by atoms with Crippen LogP contribution in [0.3, 0.4) is 0 Å². The van der Waals surface area contributed by atoms with E-state index in [1.807, 2.05) is 18.2 Å². The highest BCUT2D eigenvalue weighted by Gasteiger charge is 2.17. The zero-order valence-electron chi connectivity index (χ0n) is 20.0. The Bertz CT molecular complexity index is 842. The fourth-order valence-electron chi connectivity index (χ4n) is 3.62. The molecule has 0 aromatic heterocycles. The molecule has 1 heterocycles. The molecule has 0 saturated carbocycles. The first-order valence-corrected chi connectivity index (χ1v) is 11.6. The number of aliphatic imine (C=N–C) groups is 1. The van der Waals surface area contributed by atoms with Gasteiger partial charge in [0.15, 0.2) is 5.96 Å². The molecule has 1 saturated heterocycles. The number of ether oxygens (including phenoxy) is 3. The van der Waals surface area contributed by atoms with E-state index in [0.29, 0.717) is 25.7 Å². The van der Waals surface area contributed by atoms with Crippen LogP contribution in [0, 0.1) is 12.8 Å². The molecule has 0 amide bonds. The molecule has 2 N–H and O–H groups in total. The molecule has 0 bridgehead atoms. The molecule has 6 nitrogen and oxygen atoms in total. The number of benzene rings is 2. The van der Waals surface area contributed by atoms with Gasteiger partial charge in [0.05, 0.1) is 19.3 Å². The van der Waals surface area contributed by atoms with E-state index in [1.165, 1.54) is 11.1 Å². The van der Waals surface area contributed by atoms with Crippen LogP contribution in [0.1, 0.15) is 42.6 Å². The number of aryl methyl sites for hydroxylation is 1. The van der Waals surface area contributed by atoms with Gasteiger partial charge in [0.1, 0.15) is 5.75 Å². The molecule has 1 aliphatic heterocycles. The van der Waals surface area contributed by atoms with Gasteiger partial charge in [0.2, 0.25) is 0 Å². The van der Waals surface area contributed by atoms with Gasteiger partial charge in [0.25, 0.3) is 0 Å². The van der Waals surface area contributed by atoms with Crippen molar-refractivity contribution in [3.05, 3.63) is 65.2 Å². The fraction of sp³-hybridized carbons (Fsp3) is 0.500. The summed E-state index contributed by atoms with van der Waals surface area (Å²) in [5.41, 5.74) is 3.52. The molecule has 7 heteroatoms. The predicted octanol–water partition coefficient (Wildman–Crippen LogP) is 4.86. The third-order valence-electron chi connectivity index (χ3n) is 5.64. The van der Waals surface area contributed by atoms with Crippen LogP contribution in [0.5, 0.6) is 5.75 Å². The monoisotopic (exact) mass is 567 g/mol. The molecule has 2 aromatic carbocycles. The summed E-state index contributed by atoms with van der Waals surface area (Å²) in [6.45, 7) is 8.65. The summed E-state index contributed by atoms with van der Waals surface area (Å²) in [7, 11) is 1.79. The quantitative estimate of drug-likeness (QED) is 0.176. The third-order valence-corrected chi connectivity index (χ3v) is 5.64. The van der Waals surface area contributed by atoms with E-state index in [9.17, 15) is 0 Å². The average molecular weight is 568 g/mol. The summed E-state index contributed by atoms with van der Waals surface area (Å²) in [5.74, 6) is 2.19. The van der Waals surface area contributed by atoms with Gasteiger partial charge in [-0.05, 0) is 43.9 Å². The van der Waals surface area contributed by atoms with Crippen molar-refractivity contribution in [3.8, 4) is 5.75 Å². The maximum absolute atomic E-state index is 6.14. The number of guanidine groups is 1. The first-order valence-electron chi connectivity index (χ1n) is 11.6. The van der Waals surface area contributed by atoms with Crippen LogP contribution < -0.4 is 15.4 Å². The number of hydrogen-bond acceptors (Lipinski definition) is 4. The summed E-state index contributed by atoms with van der Waals surface area (Å²) in [6, 6.07) is 16.6. The van der Waals surface area contributed by atoms with Gasteiger partial charge >= 0.3 is 0 Å². The third kappa shape index (κ3) is 9.51. The van der Waals surface area contributed by atoms with Crippen LogP contribution in [0.2, 0.25) is 0 Å². The molecule has 0 aliphatic carbocycles. The van der Waals surface area contributed by atoms with Gasteiger partial charge in [-0.2, -0.15) is 0 Å². The Kier molecular flexibility index (Phi) is 12.6. The van der Waals surface area contributed by atoms with Crippen LogP contribution >= 0.6 is 24.0 Å². The summed E-state index contributed by atoms with van der Waals surface area (Å²) >= 11 is 0. The normalized spacial score (nSPS) is 16.7. The van der Waals surface area contributed by atoms with Crippen molar-refractivity contribution in [3.63, 3.8) is 0 Å². The van der Waals surface area contributed by atoms with Gasteiger partial charge in [-0.25, -0.2) is 0 Å². The second-order valence-electron chi connectivity index (χ2n) is 8.28. The molecule has 2 aromatic rings. The molecule has 33 heavy (non-hydrogen) atoms. The van der Waals surface area contributed by atoms with Crippen molar-refractivity contribution in [2.45, 2.75) is 39.3 Å². The van der Waals surface area contributed by atoms with Crippen molar-refractivity contribution >= 4 is 29.9 Å². The number of hydrogen-bond donors (Lipinski definition) is 2. The van der Waals surface area contributed by atoms with Crippen molar-refractivity contribution in [2.24, 2.45) is 10.9 Å². The van der Waals surface area contributed by atoms with Crippen LogP contribution in [0.25, 0.3) is 0 Å². The van der Waals surface area contributed by atoms with Crippen LogP contribution in [0.15, 0.2) is 53.5 Å². The Morgan fingerprint density at radius 2 is 2.00 bits per heavy atom. The topological polar surface area (TPSA) is 64.1 Å². The smallest absolute Gasteiger partial charge is 0.191 e. The molecular formula is C26H38IN3O3. The van der Waals surface area contributed by atoms with Crippen LogP contribution in [-0.4, -0.2) is 46.0 Å². The van der Waals surface area contributed by atoms with Gasteiger partial charge in [-0.15, -0.1) is 24.0 Å². The SMILES string of the molecule is CN=C(NCCCOC(C)c1ccccc1)NCc1ccc(C)cc1OCC1CCOC1.I. The predicted molar refractivity (Wildman–Crippen MR) is 145 cm³/mol. The van der Waals surface area contributed by atoms with Gasteiger partial charge < -0.3 is 24.8 Å². The van der Waals surface area contributed by atoms with E-state index in [0.717, 1.165) is 49.9 Å². The summed E-state index contributed by atoms with van der Waals surface area (Å²) in [6.07, 6.45) is 2.08. The maximum Gasteiger partial charge on any atom is 0.191 e. The van der Waals surface area contributed by atoms with E-state index >= 15 is 0 Å². The van der Waals surface area contributed by atoms with Crippen LogP contribution in [0.4, 0.5) is 0 Å². The second-order valence-corrected chi connectivity index (χ2v) is 8.28. The second kappa shape index (κ2) is 15.1. The Balaban J connectivity index is 0.00000385. The number of nitrogens with one attached hydrogen (secondary N) is 2. The molecular weight excluding hydrogens is 529 g/mol. The van der Waals surface area contributed by atoms with Crippen molar-refractivity contribution < 1.29 is 14.2 Å². The molecule has 3 rings (SSSR count). The minimum absolute atomic E-state index is 0. The standard InChI is InChI=1S/C26H37N3O3.HI/c1-20-10-11-24(25(16-20)32-19-22-12-15-30-18-22)17-29-26(27-3)28-13-7-14-31-21(2)23-8-5-4-6-9-23;/h4-6,8-11,16,21-22H,7,12-15,17-19H2,1-3H3,(H2,27,28,29);1H. The lowest BCUT2D eigenvalue weighted by atomic mass is 10.1. The van der Waals surface area contributed by atoms with Gasteiger partial charge in [-0.3, -0.25) is 4.99 Å². The van der Waals surface area contributed by atoms with E-state index < -0.39 is 0 Å². The Hall–Kier alpha value is -1.84. The minimum Gasteiger partial charge on any atom is -0.493 e.